The number of para-hydroxylation sites is 1. The Morgan fingerprint density at radius 1 is 1.03 bits per heavy atom. The van der Waals surface area contributed by atoms with E-state index in [0.717, 1.165) is 16.8 Å². The maximum absolute atomic E-state index is 12.2. The molecule has 1 aromatic heterocycles. The molecule has 0 bridgehead atoms. The summed E-state index contributed by atoms with van der Waals surface area (Å²) >= 11 is 2.48. The van der Waals surface area contributed by atoms with E-state index in [1.165, 1.54) is 23.1 Å². The van der Waals surface area contributed by atoms with E-state index in [2.05, 4.69) is 20.8 Å². The minimum absolute atomic E-state index is 0.121. The van der Waals surface area contributed by atoms with Gasteiger partial charge in [0.15, 0.2) is 10.9 Å². The molecule has 0 atom stereocenters. The van der Waals surface area contributed by atoms with Crippen LogP contribution in [0.2, 0.25) is 0 Å². The SMILES string of the molecule is Cc1ccc(C)c(NC(=O)CSc2nnc(NC(=O)COc3ccccc3)s2)c1. The lowest BCUT2D eigenvalue weighted by Crippen LogP contribution is -2.20. The molecule has 0 saturated carbocycles. The lowest BCUT2D eigenvalue weighted by Gasteiger charge is -2.08. The van der Waals surface area contributed by atoms with Gasteiger partial charge in [0.05, 0.1) is 5.75 Å². The Morgan fingerprint density at radius 2 is 1.83 bits per heavy atom. The minimum Gasteiger partial charge on any atom is -0.484 e. The first-order valence-corrected chi connectivity index (χ1v) is 10.6. The molecule has 29 heavy (non-hydrogen) atoms. The second-order valence-corrected chi connectivity index (χ2v) is 8.38. The Labute approximate surface area is 176 Å². The number of aryl methyl sites for hydroxylation is 2. The van der Waals surface area contributed by atoms with Gasteiger partial charge in [-0.15, -0.1) is 10.2 Å². The van der Waals surface area contributed by atoms with E-state index >= 15 is 0 Å². The average molecular weight is 429 g/mol. The third-order valence-corrected chi connectivity index (χ3v) is 5.73. The molecule has 0 spiro atoms. The van der Waals surface area contributed by atoms with Gasteiger partial charge in [0.2, 0.25) is 11.0 Å². The van der Waals surface area contributed by atoms with Gasteiger partial charge in [-0.05, 0) is 43.2 Å². The van der Waals surface area contributed by atoms with Crippen molar-refractivity contribution in [3.63, 3.8) is 0 Å². The van der Waals surface area contributed by atoms with Crippen LogP contribution >= 0.6 is 23.1 Å². The average Bonchev–Trinajstić information content (AvgIpc) is 3.16. The second-order valence-electron chi connectivity index (χ2n) is 6.18. The Hall–Kier alpha value is -2.91. The van der Waals surface area contributed by atoms with Crippen LogP contribution in [0, 0.1) is 13.8 Å². The number of hydrogen-bond acceptors (Lipinski definition) is 7. The molecular weight excluding hydrogens is 408 g/mol. The normalized spacial score (nSPS) is 10.4. The predicted molar refractivity (Wildman–Crippen MR) is 116 cm³/mol. The molecule has 2 N–H and O–H groups in total. The summed E-state index contributed by atoms with van der Waals surface area (Å²) in [6.45, 7) is 3.81. The lowest BCUT2D eigenvalue weighted by atomic mass is 10.1. The number of anilines is 2. The Bertz CT molecular complexity index is 992. The fourth-order valence-electron chi connectivity index (χ4n) is 2.32. The molecule has 3 aromatic rings. The number of thioether (sulfide) groups is 1. The number of aromatic nitrogens is 2. The molecule has 0 aliphatic carbocycles. The molecule has 7 nitrogen and oxygen atoms in total. The van der Waals surface area contributed by atoms with Gasteiger partial charge in [0, 0.05) is 5.69 Å². The first-order chi connectivity index (χ1) is 14.0. The summed E-state index contributed by atoms with van der Waals surface area (Å²) in [6, 6.07) is 15.0. The van der Waals surface area contributed by atoms with Crippen LogP contribution in [0.4, 0.5) is 10.8 Å². The van der Waals surface area contributed by atoms with Crippen molar-refractivity contribution in [2.24, 2.45) is 0 Å². The lowest BCUT2D eigenvalue weighted by molar-refractivity contribution is -0.118. The van der Waals surface area contributed by atoms with E-state index in [0.29, 0.717) is 15.2 Å². The highest BCUT2D eigenvalue weighted by Crippen LogP contribution is 2.26. The Balaban J connectivity index is 1.44. The molecule has 0 fully saturated rings. The highest BCUT2D eigenvalue weighted by Gasteiger charge is 2.12. The van der Waals surface area contributed by atoms with Crippen LogP contribution in [0.3, 0.4) is 0 Å². The summed E-state index contributed by atoms with van der Waals surface area (Å²) in [4.78, 5) is 24.1. The van der Waals surface area contributed by atoms with Gasteiger partial charge in [-0.25, -0.2) is 0 Å². The van der Waals surface area contributed by atoms with Gasteiger partial charge in [-0.1, -0.05) is 53.4 Å². The molecule has 0 aliphatic heterocycles. The minimum atomic E-state index is -0.325. The zero-order chi connectivity index (χ0) is 20.6. The summed E-state index contributed by atoms with van der Waals surface area (Å²) in [5.74, 6) is 0.369. The number of carbonyl (C=O) groups excluding carboxylic acids is 2. The molecule has 1 heterocycles. The fraction of sp³-hybridized carbons (Fsp3) is 0.200. The summed E-state index contributed by atoms with van der Waals surface area (Å²) < 4.78 is 5.98. The molecular formula is C20H20N4O3S2. The predicted octanol–water partition coefficient (Wildman–Crippen LogP) is 3.90. The van der Waals surface area contributed by atoms with Crippen molar-refractivity contribution in [2.45, 2.75) is 18.2 Å². The highest BCUT2D eigenvalue weighted by atomic mass is 32.2. The molecule has 0 saturated heterocycles. The number of ether oxygens (including phenoxy) is 1. The van der Waals surface area contributed by atoms with Crippen molar-refractivity contribution in [3.8, 4) is 5.75 Å². The number of nitrogens with zero attached hydrogens (tertiary/aromatic N) is 2. The van der Waals surface area contributed by atoms with Crippen LogP contribution < -0.4 is 15.4 Å². The van der Waals surface area contributed by atoms with E-state index in [9.17, 15) is 9.59 Å². The monoisotopic (exact) mass is 428 g/mol. The highest BCUT2D eigenvalue weighted by molar-refractivity contribution is 8.01. The zero-order valence-corrected chi connectivity index (χ0v) is 17.6. The smallest absolute Gasteiger partial charge is 0.264 e. The maximum Gasteiger partial charge on any atom is 0.264 e. The largest absolute Gasteiger partial charge is 0.484 e. The quantitative estimate of drug-likeness (QED) is 0.417. The van der Waals surface area contributed by atoms with Crippen molar-refractivity contribution in [2.75, 3.05) is 23.0 Å². The van der Waals surface area contributed by atoms with Gasteiger partial charge in [-0.3, -0.25) is 14.9 Å². The van der Waals surface area contributed by atoms with Crippen molar-refractivity contribution >= 4 is 45.7 Å². The van der Waals surface area contributed by atoms with E-state index in [4.69, 9.17) is 4.74 Å². The van der Waals surface area contributed by atoms with Gasteiger partial charge in [0.25, 0.3) is 5.91 Å². The van der Waals surface area contributed by atoms with Gasteiger partial charge >= 0.3 is 0 Å². The maximum atomic E-state index is 12.2. The first kappa shape index (κ1) is 20.8. The fourth-order valence-corrected chi connectivity index (χ4v) is 3.89. The summed E-state index contributed by atoms with van der Waals surface area (Å²) in [5, 5.41) is 13.8. The Kier molecular flexibility index (Phi) is 7.20. The molecule has 2 aromatic carbocycles. The van der Waals surface area contributed by atoms with Crippen molar-refractivity contribution in [1.82, 2.24) is 10.2 Å². The molecule has 150 valence electrons. The van der Waals surface area contributed by atoms with Crippen LogP contribution in [-0.2, 0) is 9.59 Å². The van der Waals surface area contributed by atoms with Crippen LogP contribution in [0.15, 0.2) is 52.9 Å². The topological polar surface area (TPSA) is 93.2 Å². The second kappa shape index (κ2) is 10.0. The summed E-state index contributed by atoms with van der Waals surface area (Å²) in [7, 11) is 0. The molecule has 2 amide bonds. The van der Waals surface area contributed by atoms with Crippen LogP contribution in [-0.4, -0.2) is 34.4 Å². The van der Waals surface area contributed by atoms with E-state index < -0.39 is 0 Å². The standard InChI is InChI=1S/C20H20N4O3S2/c1-13-8-9-14(2)16(10-13)21-18(26)12-28-20-24-23-19(29-20)22-17(25)11-27-15-6-4-3-5-7-15/h3-10H,11-12H2,1-2H3,(H,21,26)(H,22,23,25). The number of benzene rings is 2. The van der Waals surface area contributed by atoms with Gasteiger partial charge in [0.1, 0.15) is 5.75 Å². The molecule has 9 heteroatoms. The number of hydrogen-bond donors (Lipinski definition) is 2. The number of nitrogens with one attached hydrogen (secondary N) is 2. The first-order valence-electron chi connectivity index (χ1n) is 8.81. The van der Waals surface area contributed by atoms with Crippen LogP contribution in [0.1, 0.15) is 11.1 Å². The summed E-state index contributed by atoms with van der Waals surface area (Å²) in [6.07, 6.45) is 0. The molecule has 0 aliphatic rings. The molecule has 0 unspecified atom stereocenters. The zero-order valence-electron chi connectivity index (χ0n) is 16.0. The number of carbonyl (C=O) groups is 2. The summed E-state index contributed by atoms with van der Waals surface area (Å²) in [5.41, 5.74) is 2.89. The van der Waals surface area contributed by atoms with Gasteiger partial charge < -0.3 is 10.1 Å². The van der Waals surface area contributed by atoms with Crippen LogP contribution in [0.25, 0.3) is 0 Å². The van der Waals surface area contributed by atoms with E-state index in [1.54, 1.807) is 12.1 Å². The van der Waals surface area contributed by atoms with Gasteiger partial charge in [-0.2, -0.15) is 0 Å². The van der Waals surface area contributed by atoms with Crippen molar-refractivity contribution < 1.29 is 14.3 Å². The molecule has 3 rings (SSSR count). The van der Waals surface area contributed by atoms with Crippen molar-refractivity contribution in [1.29, 1.82) is 0 Å². The van der Waals surface area contributed by atoms with E-state index in [1.807, 2.05) is 50.2 Å². The number of amides is 2. The third kappa shape index (κ3) is 6.58. The third-order valence-electron chi connectivity index (χ3n) is 3.76. The van der Waals surface area contributed by atoms with Crippen LogP contribution in [0.5, 0.6) is 5.75 Å². The number of rotatable bonds is 8. The molecule has 0 radical (unpaired) electrons. The van der Waals surface area contributed by atoms with Crippen molar-refractivity contribution in [3.05, 3.63) is 59.7 Å². The Morgan fingerprint density at radius 3 is 2.62 bits per heavy atom. The van der Waals surface area contributed by atoms with E-state index in [-0.39, 0.29) is 24.2 Å².